The summed E-state index contributed by atoms with van der Waals surface area (Å²) in [5.41, 5.74) is 2.78. The van der Waals surface area contributed by atoms with Crippen LogP contribution in [0.3, 0.4) is 0 Å². The second kappa shape index (κ2) is 20.0. The van der Waals surface area contributed by atoms with Gasteiger partial charge >= 0.3 is 23.9 Å². The summed E-state index contributed by atoms with van der Waals surface area (Å²) < 4.78 is 54.6. The Morgan fingerprint density at radius 3 is 1.41 bits per heavy atom. The molecular formula is C41H46O13. The average molecular weight is 747 g/mol. The Hall–Kier alpha value is -4.92. The first kappa shape index (κ1) is 40.3. The van der Waals surface area contributed by atoms with Crippen LogP contribution in [0.1, 0.15) is 44.4 Å². The summed E-state index contributed by atoms with van der Waals surface area (Å²) in [6.07, 6.45) is -6.33. The third-order valence-corrected chi connectivity index (χ3v) is 8.56. The van der Waals surface area contributed by atoms with Crippen LogP contribution in [0.15, 0.2) is 103 Å². The molecule has 1 aliphatic carbocycles. The van der Waals surface area contributed by atoms with Crippen molar-refractivity contribution >= 4 is 23.9 Å². The van der Waals surface area contributed by atoms with Gasteiger partial charge in [-0.2, -0.15) is 0 Å². The summed E-state index contributed by atoms with van der Waals surface area (Å²) in [6.45, 7) is 4.98. The zero-order chi connectivity index (χ0) is 38.5. The zero-order valence-corrected chi connectivity index (χ0v) is 30.6. The molecule has 1 aliphatic heterocycles. The lowest BCUT2D eigenvalue weighted by atomic mass is 9.94. The Labute approximate surface area is 314 Å². The van der Waals surface area contributed by atoms with E-state index >= 15 is 0 Å². The van der Waals surface area contributed by atoms with E-state index in [1.165, 1.54) is 13.8 Å². The summed E-state index contributed by atoms with van der Waals surface area (Å²) in [5, 5.41) is 0. The smallest absolute Gasteiger partial charge is 0.303 e. The van der Waals surface area contributed by atoms with Gasteiger partial charge in [0.2, 0.25) is 0 Å². The van der Waals surface area contributed by atoms with Crippen LogP contribution in [0.5, 0.6) is 0 Å². The highest BCUT2D eigenvalue weighted by atomic mass is 16.7. The fourth-order valence-electron chi connectivity index (χ4n) is 6.22. The van der Waals surface area contributed by atoms with Crippen LogP contribution in [-0.2, 0) is 81.6 Å². The Morgan fingerprint density at radius 2 is 0.926 bits per heavy atom. The van der Waals surface area contributed by atoms with Crippen molar-refractivity contribution in [1.82, 2.24) is 0 Å². The lowest BCUT2D eigenvalue weighted by Crippen LogP contribution is -2.64. The highest BCUT2D eigenvalue weighted by Crippen LogP contribution is 2.34. The third-order valence-electron chi connectivity index (χ3n) is 8.56. The van der Waals surface area contributed by atoms with E-state index in [0.717, 1.165) is 30.5 Å². The number of hydrogen-bond donors (Lipinski definition) is 0. The van der Waals surface area contributed by atoms with Crippen molar-refractivity contribution in [2.75, 3.05) is 6.61 Å². The number of carbonyl (C=O) groups excluding carboxylic acids is 4. The van der Waals surface area contributed by atoms with Crippen molar-refractivity contribution in [2.24, 2.45) is 0 Å². The minimum atomic E-state index is -1.44. The molecule has 3 aromatic rings. The second-order valence-electron chi connectivity index (χ2n) is 12.8. The molecule has 1 heterocycles. The van der Waals surface area contributed by atoms with Crippen LogP contribution >= 0.6 is 0 Å². The van der Waals surface area contributed by atoms with E-state index in [-0.39, 0.29) is 19.8 Å². The fourth-order valence-corrected chi connectivity index (χ4v) is 6.22. The summed E-state index contributed by atoms with van der Waals surface area (Å²) in [4.78, 5) is 49.0. The monoisotopic (exact) mass is 746 g/mol. The summed E-state index contributed by atoms with van der Waals surface area (Å²) >= 11 is 0. The molecule has 288 valence electrons. The Balaban J connectivity index is 1.51. The van der Waals surface area contributed by atoms with Crippen molar-refractivity contribution in [3.8, 4) is 0 Å². The standard InChI is InChI=1S/C41H46O13/c1-26(42)46-25-35-38(50-27(2)43)39(51-28(3)44)40(52-29(4)45)41(54-35)53-34-21-20-33(47-22-30-14-8-5-9-15-30)36(48-23-31-16-10-6-11-17-31)37(34)49-24-32-18-12-7-13-19-32/h5-21,33-41H,22-25H2,1-4H3/t33-,34-,35+,36+,37+,38+,39-,40+,41+/m0/s1. The van der Waals surface area contributed by atoms with Gasteiger partial charge in [0.15, 0.2) is 24.6 Å². The highest BCUT2D eigenvalue weighted by molar-refractivity contribution is 5.68. The van der Waals surface area contributed by atoms with Crippen LogP contribution in [0.4, 0.5) is 0 Å². The zero-order valence-electron chi connectivity index (χ0n) is 30.6. The molecule has 0 unspecified atom stereocenters. The molecule has 13 nitrogen and oxygen atoms in total. The Morgan fingerprint density at radius 1 is 0.500 bits per heavy atom. The lowest BCUT2D eigenvalue weighted by molar-refractivity contribution is -0.323. The SMILES string of the molecule is CC(=O)OC[C@H]1O[C@@H](O[C@H]2C=C[C@H](OCc3ccccc3)[C@@H](OCc3ccccc3)[C@@H]2OCc2ccccc2)[C@H](OC(C)=O)[C@@H](OC(C)=O)[C@@H]1OC(C)=O. The topological polar surface area (TPSA) is 151 Å². The predicted molar refractivity (Wildman–Crippen MR) is 191 cm³/mol. The maximum atomic E-state index is 12.5. The number of carbonyl (C=O) groups is 4. The minimum absolute atomic E-state index is 0.175. The van der Waals surface area contributed by atoms with Crippen molar-refractivity contribution in [3.05, 3.63) is 120 Å². The molecule has 13 heteroatoms. The summed E-state index contributed by atoms with van der Waals surface area (Å²) in [7, 11) is 0. The molecular weight excluding hydrogens is 700 g/mol. The van der Waals surface area contributed by atoms with Crippen molar-refractivity contribution in [3.63, 3.8) is 0 Å². The van der Waals surface area contributed by atoms with E-state index in [4.69, 9.17) is 42.6 Å². The quantitative estimate of drug-likeness (QED) is 0.112. The van der Waals surface area contributed by atoms with Crippen LogP contribution in [-0.4, -0.2) is 85.6 Å². The second-order valence-corrected chi connectivity index (χ2v) is 12.8. The first-order chi connectivity index (χ1) is 26.1. The van der Waals surface area contributed by atoms with Crippen molar-refractivity contribution < 1.29 is 61.8 Å². The maximum Gasteiger partial charge on any atom is 0.303 e. The first-order valence-corrected chi connectivity index (χ1v) is 17.7. The van der Waals surface area contributed by atoms with E-state index < -0.39 is 85.6 Å². The minimum Gasteiger partial charge on any atom is -0.463 e. The predicted octanol–water partition coefficient (Wildman–Crippen LogP) is 4.78. The molecule has 3 aromatic carbocycles. The molecule has 54 heavy (non-hydrogen) atoms. The van der Waals surface area contributed by atoms with Crippen molar-refractivity contribution in [2.45, 2.75) is 103 Å². The number of esters is 4. The molecule has 2 aliphatic rings. The molecule has 0 aromatic heterocycles. The fraction of sp³-hybridized carbons (Fsp3) is 0.415. The lowest BCUT2D eigenvalue weighted by Gasteiger charge is -2.46. The number of hydrogen-bond acceptors (Lipinski definition) is 13. The van der Waals surface area contributed by atoms with E-state index in [1.807, 2.05) is 97.1 Å². The molecule has 1 saturated heterocycles. The van der Waals surface area contributed by atoms with Gasteiger partial charge in [-0.15, -0.1) is 0 Å². The highest BCUT2D eigenvalue weighted by Gasteiger charge is 2.54. The van der Waals surface area contributed by atoms with Crippen LogP contribution in [0, 0.1) is 0 Å². The maximum absolute atomic E-state index is 12.5. The molecule has 9 atom stereocenters. The molecule has 0 radical (unpaired) electrons. The van der Waals surface area contributed by atoms with Gasteiger partial charge in [-0.3, -0.25) is 19.2 Å². The van der Waals surface area contributed by atoms with Gasteiger partial charge in [0.05, 0.1) is 19.8 Å². The van der Waals surface area contributed by atoms with Crippen molar-refractivity contribution in [1.29, 1.82) is 0 Å². The number of benzene rings is 3. The molecule has 0 saturated carbocycles. The van der Waals surface area contributed by atoms with E-state index in [9.17, 15) is 19.2 Å². The largest absolute Gasteiger partial charge is 0.463 e. The van der Waals surface area contributed by atoms with Gasteiger partial charge in [-0.1, -0.05) is 103 Å². The van der Waals surface area contributed by atoms with Gasteiger partial charge in [0, 0.05) is 27.7 Å². The summed E-state index contributed by atoms with van der Waals surface area (Å²) in [6, 6.07) is 28.9. The molecule has 0 amide bonds. The van der Waals surface area contributed by atoms with Crippen LogP contribution < -0.4 is 0 Å². The molecule has 0 N–H and O–H groups in total. The van der Waals surface area contributed by atoms with Gasteiger partial charge < -0.3 is 42.6 Å². The van der Waals surface area contributed by atoms with Gasteiger partial charge in [-0.05, 0) is 16.7 Å². The Bertz CT molecular complexity index is 1680. The third kappa shape index (κ3) is 11.8. The van der Waals surface area contributed by atoms with E-state index in [0.29, 0.717) is 0 Å². The van der Waals surface area contributed by atoms with Gasteiger partial charge in [0.1, 0.15) is 37.1 Å². The molecule has 0 bridgehead atoms. The average Bonchev–Trinajstić information content (AvgIpc) is 3.15. The van der Waals surface area contributed by atoms with Crippen LogP contribution in [0.25, 0.3) is 0 Å². The summed E-state index contributed by atoms with van der Waals surface area (Å²) in [5.74, 6) is -2.87. The number of ether oxygens (including phenoxy) is 9. The van der Waals surface area contributed by atoms with E-state index in [1.54, 1.807) is 6.08 Å². The molecule has 5 rings (SSSR count). The molecule has 0 spiro atoms. The normalized spacial score (nSPS) is 26.3. The molecule has 1 fully saturated rings. The van der Waals surface area contributed by atoms with Gasteiger partial charge in [-0.25, -0.2) is 0 Å². The number of rotatable bonds is 16. The van der Waals surface area contributed by atoms with Gasteiger partial charge in [0.25, 0.3) is 0 Å². The van der Waals surface area contributed by atoms with Crippen LogP contribution in [0.2, 0.25) is 0 Å². The first-order valence-electron chi connectivity index (χ1n) is 17.7. The van der Waals surface area contributed by atoms with E-state index in [2.05, 4.69) is 0 Å². The Kier molecular flexibility index (Phi) is 14.9.